The molecule has 0 saturated heterocycles. The standard InChI is InChI=1S/C21H29Cl2N3O2/c1-27-13-11-26(12-14-28-2)10-9-25-21(17-5-3-4-6-19(17)23)18-15-16(22)7-8-20(18)24/h3-8,15,21,25H,9-14,24H2,1-2H3. The van der Waals surface area contributed by atoms with Gasteiger partial charge in [0.1, 0.15) is 0 Å². The smallest absolute Gasteiger partial charge is 0.0612 e. The molecule has 1 unspecified atom stereocenters. The molecule has 0 aliphatic heterocycles. The molecule has 7 heteroatoms. The number of nitrogens with two attached hydrogens (primary N) is 1. The van der Waals surface area contributed by atoms with E-state index in [4.69, 9.17) is 38.4 Å². The number of benzene rings is 2. The minimum absolute atomic E-state index is 0.154. The van der Waals surface area contributed by atoms with Gasteiger partial charge < -0.3 is 20.5 Å². The van der Waals surface area contributed by atoms with Crippen LogP contribution in [0.2, 0.25) is 10.0 Å². The average molecular weight is 426 g/mol. The van der Waals surface area contributed by atoms with Gasteiger partial charge in [-0.15, -0.1) is 0 Å². The molecular formula is C21H29Cl2N3O2. The van der Waals surface area contributed by atoms with Gasteiger partial charge in [-0.1, -0.05) is 41.4 Å². The van der Waals surface area contributed by atoms with Gasteiger partial charge in [-0.05, 0) is 35.4 Å². The van der Waals surface area contributed by atoms with Gasteiger partial charge in [0.05, 0.1) is 19.3 Å². The lowest BCUT2D eigenvalue weighted by Gasteiger charge is -2.26. The minimum Gasteiger partial charge on any atom is -0.398 e. The van der Waals surface area contributed by atoms with E-state index in [0.717, 1.165) is 37.3 Å². The van der Waals surface area contributed by atoms with Crippen molar-refractivity contribution in [2.45, 2.75) is 6.04 Å². The molecule has 1 atom stereocenters. The van der Waals surface area contributed by atoms with E-state index >= 15 is 0 Å². The zero-order valence-corrected chi connectivity index (χ0v) is 18.0. The molecule has 2 aromatic rings. The molecule has 0 bridgehead atoms. The van der Waals surface area contributed by atoms with Crippen molar-refractivity contribution in [3.05, 3.63) is 63.6 Å². The predicted octanol–water partition coefficient (Wildman–Crippen LogP) is 3.85. The second kappa shape index (κ2) is 12.3. The van der Waals surface area contributed by atoms with Crippen molar-refractivity contribution in [1.82, 2.24) is 10.2 Å². The highest BCUT2D eigenvalue weighted by molar-refractivity contribution is 6.31. The fourth-order valence-corrected chi connectivity index (χ4v) is 3.46. The Labute approximate surface area is 177 Å². The number of rotatable bonds is 12. The monoisotopic (exact) mass is 425 g/mol. The molecule has 0 aromatic heterocycles. The van der Waals surface area contributed by atoms with E-state index in [1.807, 2.05) is 36.4 Å². The molecule has 0 amide bonds. The van der Waals surface area contributed by atoms with Crippen LogP contribution in [0.25, 0.3) is 0 Å². The largest absolute Gasteiger partial charge is 0.398 e. The van der Waals surface area contributed by atoms with E-state index in [1.54, 1.807) is 20.3 Å². The Morgan fingerprint density at radius 1 is 0.964 bits per heavy atom. The summed E-state index contributed by atoms with van der Waals surface area (Å²) >= 11 is 12.7. The molecule has 0 saturated carbocycles. The van der Waals surface area contributed by atoms with Crippen LogP contribution < -0.4 is 11.1 Å². The molecule has 0 aliphatic carbocycles. The Balaban J connectivity index is 2.16. The maximum Gasteiger partial charge on any atom is 0.0612 e. The Bertz CT molecular complexity index is 723. The molecule has 0 fully saturated rings. The second-order valence-corrected chi connectivity index (χ2v) is 7.35. The molecule has 0 spiro atoms. The van der Waals surface area contributed by atoms with Crippen LogP contribution in [0.4, 0.5) is 5.69 Å². The highest BCUT2D eigenvalue weighted by atomic mass is 35.5. The number of nitrogens with one attached hydrogen (secondary N) is 1. The van der Waals surface area contributed by atoms with Crippen molar-refractivity contribution in [2.75, 3.05) is 59.3 Å². The molecule has 0 aliphatic rings. The third-order valence-electron chi connectivity index (χ3n) is 4.58. The van der Waals surface area contributed by atoms with Crippen LogP contribution in [-0.4, -0.2) is 58.5 Å². The van der Waals surface area contributed by atoms with Crippen molar-refractivity contribution in [3.63, 3.8) is 0 Å². The van der Waals surface area contributed by atoms with Crippen molar-refractivity contribution < 1.29 is 9.47 Å². The Morgan fingerprint density at radius 2 is 1.64 bits per heavy atom. The molecule has 2 rings (SSSR count). The summed E-state index contributed by atoms with van der Waals surface area (Å²) in [6.07, 6.45) is 0. The summed E-state index contributed by atoms with van der Waals surface area (Å²) in [7, 11) is 3.42. The van der Waals surface area contributed by atoms with Gasteiger partial charge in [0.15, 0.2) is 0 Å². The summed E-state index contributed by atoms with van der Waals surface area (Å²) in [5.74, 6) is 0. The number of halogens is 2. The summed E-state index contributed by atoms with van der Waals surface area (Å²) in [6.45, 7) is 4.64. The topological polar surface area (TPSA) is 59.8 Å². The third-order valence-corrected chi connectivity index (χ3v) is 5.16. The first-order valence-electron chi connectivity index (χ1n) is 9.29. The first-order chi connectivity index (χ1) is 13.6. The first-order valence-corrected chi connectivity index (χ1v) is 10.1. The second-order valence-electron chi connectivity index (χ2n) is 6.51. The summed E-state index contributed by atoms with van der Waals surface area (Å²) in [4.78, 5) is 2.30. The minimum atomic E-state index is -0.154. The predicted molar refractivity (Wildman–Crippen MR) is 117 cm³/mol. The zero-order valence-electron chi connectivity index (χ0n) is 16.5. The maximum atomic E-state index is 6.48. The van der Waals surface area contributed by atoms with Gasteiger partial charge in [-0.3, -0.25) is 4.90 Å². The number of nitrogens with zero attached hydrogens (tertiary/aromatic N) is 1. The highest BCUT2D eigenvalue weighted by Gasteiger charge is 2.19. The van der Waals surface area contributed by atoms with Crippen LogP contribution in [0, 0.1) is 0 Å². The SMILES string of the molecule is COCCN(CCNC(c1cc(Cl)ccc1N)c1ccccc1Cl)CCOC. The van der Waals surface area contributed by atoms with Crippen LogP contribution in [0.1, 0.15) is 17.2 Å². The van der Waals surface area contributed by atoms with E-state index in [9.17, 15) is 0 Å². The van der Waals surface area contributed by atoms with Crippen molar-refractivity contribution in [3.8, 4) is 0 Å². The normalized spacial score (nSPS) is 12.5. The number of hydrogen-bond acceptors (Lipinski definition) is 5. The third kappa shape index (κ3) is 6.92. The van der Waals surface area contributed by atoms with E-state index in [0.29, 0.717) is 28.9 Å². The summed E-state index contributed by atoms with van der Waals surface area (Å²) < 4.78 is 10.4. The maximum absolute atomic E-state index is 6.48. The van der Waals surface area contributed by atoms with Crippen LogP contribution in [0.15, 0.2) is 42.5 Å². The molecular weight excluding hydrogens is 397 g/mol. The van der Waals surface area contributed by atoms with E-state index < -0.39 is 0 Å². The fraction of sp³-hybridized carbons (Fsp3) is 0.429. The number of methoxy groups -OCH3 is 2. The Hall–Kier alpha value is -1.34. The molecule has 28 heavy (non-hydrogen) atoms. The molecule has 5 nitrogen and oxygen atoms in total. The number of hydrogen-bond donors (Lipinski definition) is 2. The van der Waals surface area contributed by atoms with Crippen LogP contribution in [-0.2, 0) is 9.47 Å². The molecule has 154 valence electrons. The van der Waals surface area contributed by atoms with Gasteiger partial charge >= 0.3 is 0 Å². The first kappa shape index (κ1) is 22.9. The van der Waals surface area contributed by atoms with Crippen molar-refractivity contribution in [1.29, 1.82) is 0 Å². The lowest BCUT2D eigenvalue weighted by Crippen LogP contribution is -2.38. The number of ether oxygens (including phenoxy) is 2. The molecule has 0 radical (unpaired) electrons. The van der Waals surface area contributed by atoms with Crippen LogP contribution in [0.5, 0.6) is 0 Å². The highest BCUT2D eigenvalue weighted by Crippen LogP contribution is 2.32. The van der Waals surface area contributed by atoms with Gasteiger partial charge in [-0.25, -0.2) is 0 Å². The molecule has 2 aromatic carbocycles. The van der Waals surface area contributed by atoms with Gasteiger partial charge in [0, 0.05) is 56.1 Å². The lowest BCUT2D eigenvalue weighted by atomic mass is 9.97. The van der Waals surface area contributed by atoms with E-state index in [1.165, 1.54) is 0 Å². The Kier molecular flexibility index (Phi) is 10.1. The summed E-state index contributed by atoms with van der Waals surface area (Å²) in [5.41, 5.74) is 8.82. The molecule has 3 N–H and O–H groups in total. The quantitative estimate of drug-likeness (QED) is 0.505. The van der Waals surface area contributed by atoms with E-state index in [-0.39, 0.29) is 6.04 Å². The van der Waals surface area contributed by atoms with Crippen molar-refractivity contribution in [2.24, 2.45) is 0 Å². The lowest BCUT2D eigenvalue weighted by molar-refractivity contribution is 0.114. The van der Waals surface area contributed by atoms with Crippen LogP contribution >= 0.6 is 23.2 Å². The fourth-order valence-electron chi connectivity index (χ4n) is 3.04. The van der Waals surface area contributed by atoms with Crippen molar-refractivity contribution >= 4 is 28.9 Å². The van der Waals surface area contributed by atoms with Gasteiger partial charge in [0.25, 0.3) is 0 Å². The number of nitrogen functional groups attached to an aromatic ring is 1. The zero-order chi connectivity index (χ0) is 20.4. The summed E-state index contributed by atoms with van der Waals surface area (Å²) in [5, 5.41) is 4.93. The Morgan fingerprint density at radius 3 is 2.29 bits per heavy atom. The van der Waals surface area contributed by atoms with E-state index in [2.05, 4.69) is 10.2 Å². The van der Waals surface area contributed by atoms with Gasteiger partial charge in [-0.2, -0.15) is 0 Å². The van der Waals surface area contributed by atoms with Gasteiger partial charge in [0.2, 0.25) is 0 Å². The molecule has 0 heterocycles. The summed E-state index contributed by atoms with van der Waals surface area (Å²) in [6, 6.07) is 13.1. The average Bonchev–Trinajstić information content (AvgIpc) is 2.69. The van der Waals surface area contributed by atoms with Crippen LogP contribution in [0.3, 0.4) is 0 Å². The number of anilines is 1.